The number of halogens is 6. The highest BCUT2D eigenvalue weighted by atomic mass is 19.3. The van der Waals surface area contributed by atoms with Crippen LogP contribution in [0.5, 0.6) is 0 Å². The molecule has 38 heavy (non-hydrogen) atoms. The Labute approximate surface area is 219 Å². The summed E-state index contributed by atoms with van der Waals surface area (Å²) in [6, 6.07) is 27.8. The van der Waals surface area contributed by atoms with E-state index in [4.69, 9.17) is 0 Å². The maximum Gasteiger partial charge on any atom is 0.372 e. The zero-order valence-electron chi connectivity index (χ0n) is 21.2. The molecule has 4 aliphatic carbocycles. The van der Waals surface area contributed by atoms with Gasteiger partial charge in [0, 0.05) is 12.3 Å². The van der Waals surface area contributed by atoms with Crippen molar-refractivity contribution in [3.8, 4) is 0 Å². The molecule has 3 aromatic rings. The van der Waals surface area contributed by atoms with Gasteiger partial charge in [0.05, 0.1) is 0 Å². The molecular formula is C32H30F6. The van der Waals surface area contributed by atoms with Gasteiger partial charge < -0.3 is 0 Å². The highest BCUT2D eigenvalue weighted by Crippen LogP contribution is 2.78. The average Bonchev–Trinajstić information content (AvgIpc) is 2.89. The van der Waals surface area contributed by atoms with Crippen molar-refractivity contribution in [2.24, 2.45) is 5.41 Å². The first-order valence-electron chi connectivity index (χ1n) is 13.1. The zero-order valence-corrected chi connectivity index (χ0v) is 21.2. The van der Waals surface area contributed by atoms with Gasteiger partial charge in [0.1, 0.15) is 0 Å². The van der Waals surface area contributed by atoms with Crippen molar-refractivity contribution < 1.29 is 26.3 Å². The molecule has 0 radical (unpaired) electrons. The second-order valence-corrected chi connectivity index (χ2v) is 12.3. The lowest BCUT2D eigenvalue weighted by atomic mass is 9.31. The van der Waals surface area contributed by atoms with E-state index in [9.17, 15) is 8.78 Å². The van der Waals surface area contributed by atoms with E-state index in [1.165, 1.54) is 0 Å². The Morgan fingerprint density at radius 3 is 1.03 bits per heavy atom. The van der Waals surface area contributed by atoms with Crippen LogP contribution in [0.15, 0.2) is 91.0 Å². The SMILES string of the molecule is CC(F)(F)C(F)(F)C(F)(F)C12CC3(c4ccccc4)CC(c4ccccc4)(CC(c4ccccc4)(C3)C1)C2. The van der Waals surface area contributed by atoms with Gasteiger partial charge in [-0.15, -0.1) is 0 Å². The first-order valence-corrected chi connectivity index (χ1v) is 13.1. The van der Waals surface area contributed by atoms with E-state index >= 15 is 17.6 Å². The van der Waals surface area contributed by atoms with Crippen LogP contribution in [0.4, 0.5) is 26.3 Å². The molecule has 0 aliphatic heterocycles. The summed E-state index contributed by atoms with van der Waals surface area (Å²) < 4.78 is 92.1. The second-order valence-electron chi connectivity index (χ2n) is 12.3. The standard InChI is InChI=1S/C32H30F6/c1-26(33,34)31(35,36)32(37,38)30-20-27(23-11-5-2-6-12-23)17-28(21-30,24-13-7-3-8-14-24)19-29(18-27,22-30)25-15-9-4-10-16-25/h2-16H,17-22H2,1H3. The van der Waals surface area contributed by atoms with Gasteiger partial charge >= 0.3 is 17.8 Å². The predicted octanol–water partition coefficient (Wildman–Crippen LogP) is 9.09. The van der Waals surface area contributed by atoms with Crippen molar-refractivity contribution in [1.29, 1.82) is 0 Å². The Balaban J connectivity index is 1.66. The molecule has 0 heterocycles. The van der Waals surface area contributed by atoms with Crippen LogP contribution in [0.3, 0.4) is 0 Å². The fraction of sp³-hybridized carbons (Fsp3) is 0.438. The summed E-state index contributed by atoms with van der Waals surface area (Å²) in [6.45, 7) is -0.0890. The summed E-state index contributed by atoms with van der Waals surface area (Å²) >= 11 is 0. The van der Waals surface area contributed by atoms with Gasteiger partial charge in [0.2, 0.25) is 0 Å². The highest BCUT2D eigenvalue weighted by Gasteiger charge is 2.82. The molecule has 3 aromatic carbocycles. The molecule has 200 valence electrons. The largest absolute Gasteiger partial charge is 0.372 e. The third-order valence-corrected chi connectivity index (χ3v) is 9.83. The molecule has 0 nitrogen and oxygen atoms in total. The topological polar surface area (TPSA) is 0 Å². The zero-order chi connectivity index (χ0) is 27.1. The molecule has 0 atom stereocenters. The van der Waals surface area contributed by atoms with Crippen LogP contribution in [0.25, 0.3) is 0 Å². The molecule has 0 unspecified atom stereocenters. The number of benzene rings is 3. The molecule has 4 bridgehead atoms. The van der Waals surface area contributed by atoms with Gasteiger partial charge in [-0.25, -0.2) is 0 Å². The lowest BCUT2D eigenvalue weighted by molar-refractivity contribution is -0.361. The maximum absolute atomic E-state index is 16.5. The smallest absolute Gasteiger partial charge is 0.200 e. The van der Waals surface area contributed by atoms with Gasteiger partial charge in [-0.2, -0.15) is 26.3 Å². The van der Waals surface area contributed by atoms with E-state index in [0.29, 0.717) is 19.3 Å². The highest BCUT2D eigenvalue weighted by molar-refractivity contribution is 5.46. The number of alkyl halides is 6. The number of hydrogen-bond donors (Lipinski definition) is 0. The summed E-state index contributed by atoms with van der Waals surface area (Å²) in [4.78, 5) is 0. The van der Waals surface area contributed by atoms with Gasteiger partial charge in [-0.3, -0.25) is 0 Å². The molecule has 7 rings (SSSR count). The van der Waals surface area contributed by atoms with Gasteiger partial charge in [0.25, 0.3) is 0 Å². The van der Waals surface area contributed by atoms with E-state index < -0.39 is 39.4 Å². The van der Waals surface area contributed by atoms with E-state index in [0.717, 1.165) is 16.7 Å². The molecule has 4 aliphatic rings. The van der Waals surface area contributed by atoms with Crippen molar-refractivity contribution in [2.45, 2.75) is 79.5 Å². The Morgan fingerprint density at radius 1 is 0.474 bits per heavy atom. The summed E-state index contributed by atoms with van der Waals surface area (Å²) in [5, 5.41) is 0. The Morgan fingerprint density at radius 2 is 0.763 bits per heavy atom. The molecule has 0 aromatic heterocycles. The molecule has 6 heteroatoms. The summed E-state index contributed by atoms with van der Waals surface area (Å²) in [6.07, 6.45) is 0.751. The van der Waals surface area contributed by atoms with Crippen LogP contribution in [0.2, 0.25) is 0 Å². The van der Waals surface area contributed by atoms with Crippen molar-refractivity contribution in [3.63, 3.8) is 0 Å². The monoisotopic (exact) mass is 528 g/mol. The summed E-state index contributed by atoms with van der Waals surface area (Å²) in [5.41, 5.74) is -2.50. The minimum atomic E-state index is -5.50. The van der Waals surface area contributed by atoms with Crippen molar-refractivity contribution in [1.82, 2.24) is 0 Å². The fourth-order valence-electron chi connectivity index (χ4n) is 8.87. The van der Waals surface area contributed by atoms with Crippen LogP contribution in [-0.2, 0) is 16.2 Å². The van der Waals surface area contributed by atoms with Crippen LogP contribution in [0, 0.1) is 5.41 Å². The quantitative estimate of drug-likeness (QED) is 0.280. The molecule has 0 saturated heterocycles. The first kappa shape index (κ1) is 25.5. The Bertz CT molecular complexity index is 1170. The number of hydrogen-bond acceptors (Lipinski definition) is 0. The third-order valence-electron chi connectivity index (χ3n) is 9.83. The average molecular weight is 529 g/mol. The van der Waals surface area contributed by atoms with Gasteiger partial charge in [0.15, 0.2) is 0 Å². The van der Waals surface area contributed by atoms with Crippen molar-refractivity contribution >= 4 is 0 Å². The Hall–Kier alpha value is -2.76. The van der Waals surface area contributed by atoms with Crippen molar-refractivity contribution in [3.05, 3.63) is 108 Å². The molecule has 0 N–H and O–H groups in total. The number of rotatable bonds is 6. The molecule has 4 fully saturated rings. The van der Waals surface area contributed by atoms with Crippen LogP contribution < -0.4 is 0 Å². The van der Waals surface area contributed by atoms with Gasteiger partial charge in [-0.05, 0) is 71.5 Å². The summed E-state index contributed by atoms with van der Waals surface area (Å²) in [7, 11) is 0. The Kier molecular flexibility index (Phi) is 5.30. The van der Waals surface area contributed by atoms with E-state index in [1.54, 1.807) is 0 Å². The van der Waals surface area contributed by atoms with Crippen molar-refractivity contribution in [2.75, 3.05) is 0 Å². The van der Waals surface area contributed by atoms with Crippen LogP contribution in [0.1, 0.15) is 62.1 Å². The van der Waals surface area contributed by atoms with Gasteiger partial charge in [-0.1, -0.05) is 91.0 Å². The maximum atomic E-state index is 16.5. The van der Waals surface area contributed by atoms with E-state index in [-0.39, 0.29) is 26.2 Å². The van der Waals surface area contributed by atoms with E-state index in [2.05, 4.69) is 0 Å². The predicted molar refractivity (Wildman–Crippen MR) is 135 cm³/mol. The fourth-order valence-corrected chi connectivity index (χ4v) is 8.87. The van der Waals surface area contributed by atoms with Crippen LogP contribution in [-0.4, -0.2) is 17.8 Å². The molecule has 4 saturated carbocycles. The molecule has 0 amide bonds. The van der Waals surface area contributed by atoms with E-state index in [1.807, 2.05) is 91.0 Å². The second kappa shape index (κ2) is 7.89. The van der Waals surface area contributed by atoms with Crippen LogP contribution >= 0.6 is 0 Å². The first-order chi connectivity index (χ1) is 17.8. The lowest BCUT2D eigenvalue weighted by Gasteiger charge is -2.72. The summed E-state index contributed by atoms with van der Waals surface area (Å²) in [5.74, 6) is -15.3. The minimum Gasteiger partial charge on any atom is -0.200 e. The normalized spacial score (nSPS) is 32.9. The molecule has 0 spiro atoms. The third kappa shape index (κ3) is 3.31. The minimum absolute atomic E-state index is 0.0890. The molecular weight excluding hydrogens is 498 g/mol. The lowest BCUT2D eigenvalue weighted by Crippen LogP contribution is -2.73.